The number of hydrogen-bond donors (Lipinski definition) is 1. The van der Waals surface area contributed by atoms with Gasteiger partial charge in [0.2, 0.25) is 0 Å². The number of nitrogens with zero attached hydrogens (tertiary/aromatic N) is 1. The van der Waals surface area contributed by atoms with E-state index in [0.717, 1.165) is 12.3 Å². The van der Waals surface area contributed by atoms with Gasteiger partial charge in [0.1, 0.15) is 5.75 Å². The predicted octanol–water partition coefficient (Wildman–Crippen LogP) is 3.22. The Morgan fingerprint density at radius 1 is 1.35 bits per heavy atom. The van der Waals surface area contributed by atoms with Gasteiger partial charge in [0, 0.05) is 17.6 Å². The van der Waals surface area contributed by atoms with Crippen LogP contribution in [0.1, 0.15) is 44.2 Å². The zero-order valence-corrected chi connectivity index (χ0v) is 13.1. The Kier molecular flexibility index (Phi) is 5.86. The van der Waals surface area contributed by atoms with Crippen LogP contribution in [0.15, 0.2) is 24.3 Å². The maximum Gasteiger partial charge on any atom is 0.123 e. The van der Waals surface area contributed by atoms with Gasteiger partial charge in [-0.1, -0.05) is 24.6 Å². The van der Waals surface area contributed by atoms with Gasteiger partial charge in [0.05, 0.1) is 7.11 Å². The van der Waals surface area contributed by atoms with E-state index in [0.29, 0.717) is 12.1 Å². The summed E-state index contributed by atoms with van der Waals surface area (Å²) in [4.78, 5) is 2.67. The number of nitrogens with one attached hydrogen (secondary N) is 1. The summed E-state index contributed by atoms with van der Waals surface area (Å²) in [5, 5.41) is 3.29. The summed E-state index contributed by atoms with van der Waals surface area (Å²) in [7, 11) is 3.80. The third kappa shape index (κ3) is 3.53. The molecule has 1 aliphatic rings. The Hall–Kier alpha value is -1.06. The fourth-order valence-corrected chi connectivity index (χ4v) is 3.34. The van der Waals surface area contributed by atoms with Gasteiger partial charge in [-0.25, -0.2) is 0 Å². The molecule has 20 heavy (non-hydrogen) atoms. The van der Waals surface area contributed by atoms with E-state index in [4.69, 9.17) is 4.74 Å². The standard InChI is InChI=1S/C17H28N2O/c1-14(16-9-4-5-10-17(16)20-3)19-13-7-6-8-15(19)11-12-18-2/h4-5,9-10,14-15,18H,6-8,11-13H2,1-3H3. The summed E-state index contributed by atoms with van der Waals surface area (Å²) < 4.78 is 5.53. The van der Waals surface area contributed by atoms with Crippen molar-refractivity contribution in [2.75, 3.05) is 27.2 Å². The molecule has 3 nitrogen and oxygen atoms in total. The number of rotatable bonds is 6. The molecule has 1 aliphatic heterocycles. The Morgan fingerprint density at radius 2 is 2.15 bits per heavy atom. The quantitative estimate of drug-likeness (QED) is 0.863. The summed E-state index contributed by atoms with van der Waals surface area (Å²) in [6.45, 7) is 4.61. The molecule has 0 radical (unpaired) electrons. The lowest BCUT2D eigenvalue weighted by Gasteiger charge is -2.40. The zero-order chi connectivity index (χ0) is 14.4. The number of piperidine rings is 1. The first-order chi connectivity index (χ1) is 9.77. The molecular weight excluding hydrogens is 248 g/mol. The largest absolute Gasteiger partial charge is 0.496 e. The molecule has 1 fully saturated rings. The summed E-state index contributed by atoms with van der Waals surface area (Å²) in [6.07, 6.45) is 5.23. The van der Waals surface area contributed by atoms with Gasteiger partial charge in [0.15, 0.2) is 0 Å². The van der Waals surface area contributed by atoms with E-state index in [2.05, 4.69) is 35.3 Å². The number of likely N-dealkylation sites (tertiary alicyclic amines) is 1. The van der Waals surface area contributed by atoms with Crippen LogP contribution < -0.4 is 10.1 Å². The van der Waals surface area contributed by atoms with Crippen molar-refractivity contribution in [3.8, 4) is 5.75 Å². The van der Waals surface area contributed by atoms with E-state index in [1.165, 1.54) is 37.8 Å². The van der Waals surface area contributed by atoms with Crippen LogP contribution in [0.4, 0.5) is 0 Å². The van der Waals surface area contributed by atoms with Gasteiger partial charge in [-0.15, -0.1) is 0 Å². The lowest BCUT2D eigenvalue weighted by Crippen LogP contribution is -2.42. The molecule has 1 aromatic carbocycles. The van der Waals surface area contributed by atoms with Crippen LogP contribution in [0.2, 0.25) is 0 Å². The molecule has 3 heteroatoms. The first-order valence-electron chi connectivity index (χ1n) is 7.81. The van der Waals surface area contributed by atoms with E-state index in [1.807, 2.05) is 13.1 Å². The lowest BCUT2D eigenvalue weighted by atomic mass is 9.94. The minimum Gasteiger partial charge on any atom is -0.496 e. The molecule has 0 spiro atoms. The van der Waals surface area contributed by atoms with E-state index in [1.54, 1.807) is 7.11 Å². The highest BCUT2D eigenvalue weighted by Gasteiger charge is 2.28. The molecule has 0 aliphatic carbocycles. The van der Waals surface area contributed by atoms with Crippen molar-refractivity contribution in [2.45, 2.75) is 44.7 Å². The van der Waals surface area contributed by atoms with E-state index in [-0.39, 0.29) is 0 Å². The second kappa shape index (κ2) is 7.65. The summed E-state index contributed by atoms with van der Waals surface area (Å²) in [5.41, 5.74) is 1.31. The van der Waals surface area contributed by atoms with Crippen LogP contribution in [-0.4, -0.2) is 38.2 Å². The molecule has 112 valence electrons. The molecule has 2 rings (SSSR count). The summed E-state index contributed by atoms with van der Waals surface area (Å²) >= 11 is 0. The number of methoxy groups -OCH3 is 1. The molecule has 1 aromatic rings. The molecular formula is C17H28N2O. The van der Waals surface area contributed by atoms with Gasteiger partial charge < -0.3 is 10.1 Å². The average Bonchev–Trinajstić information content (AvgIpc) is 2.52. The SMILES string of the molecule is CNCCC1CCCCN1C(C)c1ccccc1OC. The van der Waals surface area contributed by atoms with Crippen LogP contribution >= 0.6 is 0 Å². The van der Waals surface area contributed by atoms with Gasteiger partial charge >= 0.3 is 0 Å². The van der Waals surface area contributed by atoms with Crippen LogP contribution in [0.5, 0.6) is 5.75 Å². The van der Waals surface area contributed by atoms with E-state index < -0.39 is 0 Å². The van der Waals surface area contributed by atoms with Crippen molar-refractivity contribution in [3.63, 3.8) is 0 Å². The van der Waals surface area contributed by atoms with Crippen molar-refractivity contribution in [2.24, 2.45) is 0 Å². The predicted molar refractivity (Wildman–Crippen MR) is 84.3 cm³/mol. The third-order valence-corrected chi connectivity index (χ3v) is 4.49. The van der Waals surface area contributed by atoms with E-state index >= 15 is 0 Å². The number of para-hydroxylation sites is 1. The first kappa shape index (κ1) is 15.3. The molecule has 0 amide bonds. The van der Waals surface area contributed by atoms with Gasteiger partial charge in [-0.3, -0.25) is 4.90 Å². The second-order valence-electron chi connectivity index (χ2n) is 5.70. The van der Waals surface area contributed by atoms with E-state index in [9.17, 15) is 0 Å². The lowest BCUT2D eigenvalue weighted by molar-refractivity contribution is 0.0958. The highest BCUT2D eigenvalue weighted by Crippen LogP contribution is 2.33. The third-order valence-electron chi connectivity index (χ3n) is 4.49. The van der Waals surface area contributed by atoms with Crippen LogP contribution in [0, 0.1) is 0 Å². The highest BCUT2D eigenvalue weighted by molar-refractivity contribution is 5.35. The fourth-order valence-electron chi connectivity index (χ4n) is 3.34. The van der Waals surface area contributed by atoms with Gasteiger partial charge in [-0.05, 0) is 52.4 Å². The van der Waals surface area contributed by atoms with Crippen molar-refractivity contribution in [1.29, 1.82) is 0 Å². The minimum atomic E-state index is 0.424. The Bertz CT molecular complexity index is 408. The highest BCUT2D eigenvalue weighted by atomic mass is 16.5. The molecule has 0 aromatic heterocycles. The van der Waals surface area contributed by atoms with Gasteiger partial charge in [-0.2, -0.15) is 0 Å². The Morgan fingerprint density at radius 3 is 2.90 bits per heavy atom. The van der Waals surface area contributed by atoms with Crippen molar-refractivity contribution in [1.82, 2.24) is 10.2 Å². The number of ether oxygens (including phenoxy) is 1. The number of benzene rings is 1. The van der Waals surface area contributed by atoms with Gasteiger partial charge in [0.25, 0.3) is 0 Å². The average molecular weight is 276 g/mol. The summed E-state index contributed by atoms with van der Waals surface area (Å²) in [6, 6.07) is 9.54. The van der Waals surface area contributed by atoms with Crippen molar-refractivity contribution < 1.29 is 4.74 Å². The van der Waals surface area contributed by atoms with Crippen LogP contribution in [0.3, 0.4) is 0 Å². The molecule has 1 saturated heterocycles. The maximum absolute atomic E-state index is 5.53. The van der Waals surface area contributed by atoms with Crippen LogP contribution in [-0.2, 0) is 0 Å². The molecule has 1 heterocycles. The maximum atomic E-state index is 5.53. The van der Waals surface area contributed by atoms with Crippen molar-refractivity contribution >= 4 is 0 Å². The van der Waals surface area contributed by atoms with Crippen LogP contribution in [0.25, 0.3) is 0 Å². The fraction of sp³-hybridized carbons (Fsp3) is 0.647. The molecule has 0 bridgehead atoms. The Balaban J connectivity index is 2.14. The minimum absolute atomic E-state index is 0.424. The monoisotopic (exact) mass is 276 g/mol. The first-order valence-corrected chi connectivity index (χ1v) is 7.81. The topological polar surface area (TPSA) is 24.5 Å². The normalized spacial score (nSPS) is 21.6. The van der Waals surface area contributed by atoms with Crippen molar-refractivity contribution in [3.05, 3.63) is 29.8 Å². The molecule has 2 atom stereocenters. The molecule has 1 N–H and O–H groups in total. The summed E-state index contributed by atoms with van der Waals surface area (Å²) in [5.74, 6) is 1.01. The smallest absolute Gasteiger partial charge is 0.123 e. The Labute approximate surface area is 123 Å². The zero-order valence-electron chi connectivity index (χ0n) is 13.1. The molecule has 2 unspecified atom stereocenters. The second-order valence-corrected chi connectivity index (χ2v) is 5.70. The number of hydrogen-bond acceptors (Lipinski definition) is 3. The molecule has 0 saturated carbocycles.